The van der Waals surface area contributed by atoms with Gasteiger partial charge in [-0.05, 0) is 0 Å². The lowest BCUT2D eigenvalue weighted by Crippen LogP contribution is -2.03. The van der Waals surface area contributed by atoms with Crippen molar-refractivity contribution in [3.8, 4) is 0 Å². The number of aromatic amines is 1. The van der Waals surface area contributed by atoms with Gasteiger partial charge in [-0.3, -0.25) is 0 Å². The van der Waals surface area contributed by atoms with Crippen LogP contribution in [0.2, 0.25) is 0 Å². The second-order valence-electron chi connectivity index (χ2n) is 3.18. The normalized spacial score (nSPS) is 10.4. The standard InChI is InChI=1S/C10H8F3N3/c11-7-1-9(13)10(2-8(7)12)15-4-6-3-14-5-16-6/h1-3,5,15H,4H2,(H,14,16). The zero-order chi connectivity index (χ0) is 11.5. The Morgan fingerprint density at radius 2 is 1.88 bits per heavy atom. The zero-order valence-corrected chi connectivity index (χ0v) is 8.10. The van der Waals surface area contributed by atoms with E-state index in [1.807, 2.05) is 0 Å². The highest BCUT2D eigenvalue weighted by atomic mass is 19.2. The summed E-state index contributed by atoms with van der Waals surface area (Å²) in [6.45, 7) is 0.252. The molecule has 6 heteroatoms. The molecule has 1 heterocycles. The Bertz CT molecular complexity index is 482. The van der Waals surface area contributed by atoms with E-state index >= 15 is 0 Å². The summed E-state index contributed by atoms with van der Waals surface area (Å²) in [4.78, 5) is 6.55. The van der Waals surface area contributed by atoms with Crippen LogP contribution >= 0.6 is 0 Å². The van der Waals surface area contributed by atoms with Crippen molar-refractivity contribution in [1.29, 1.82) is 0 Å². The van der Waals surface area contributed by atoms with E-state index in [0.717, 1.165) is 6.07 Å². The molecule has 1 aromatic carbocycles. The van der Waals surface area contributed by atoms with Gasteiger partial charge >= 0.3 is 0 Å². The van der Waals surface area contributed by atoms with Gasteiger partial charge in [0.2, 0.25) is 0 Å². The summed E-state index contributed by atoms with van der Waals surface area (Å²) in [5.41, 5.74) is 0.623. The molecule has 0 spiro atoms. The monoisotopic (exact) mass is 227 g/mol. The summed E-state index contributed by atoms with van der Waals surface area (Å²) in [5, 5.41) is 2.63. The lowest BCUT2D eigenvalue weighted by molar-refractivity contribution is 0.496. The van der Waals surface area contributed by atoms with Gasteiger partial charge in [0.05, 0.1) is 24.3 Å². The van der Waals surface area contributed by atoms with Crippen LogP contribution < -0.4 is 5.32 Å². The van der Waals surface area contributed by atoms with Crippen LogP contribution in [-0.2, 0) is 6.54 Å². The molecular weight excluding hydrogens is 219 g/mol. The largest absolute Gasteiger partial charge is 0.377 e. The summed E-state index contributed by atoms with van der Waals surface area (Å²) in [6, 6.07) is 1.28. The third kappa shape index (κ3) is 2.16. The van der Waals surface area contributed by atoms with Gasteiger partial charge in [-0.15, -0.1) is 0 Å². The summed E-state index contributed by atoms with van der Waals surface area (Å²) in [7, 11) is 0. The third-order valence-corrected chi connectivity index (χ3v) is 2.03. The number of H-pyrrole nitrogens is 1. The number of aromatic nitrogens is 2. The number of rotatable bonds is 3. The van der Waals surface area contributed by atoms with Crippen molar-refractivity contribution >= 4 is 5.69 Å². The molecule has 16 heavy (non-hydrogen) atoms. The molecule has 2 aromatic rings. The Morgan fingerprint density at radius 3 is 2.56 bits per heavy atom. The first-order chi connectivity index (χ1) is 7.66. The quantitative estimate of drug-likeness (QED) is 0.790. The minimum Gasteiger partial charge on any atom is -0.377 e. The molecule has 84 valence electrons. The van der Waals surface area contributed by atoms with Crippen LogP contribution in [0.3, 0.4) is 0 Å². The maximum Gasteiger partial charge on any atom is 0.161 e. The molecule has 0 amide bonds. The molecule has 0 aliphatic rings. The van der Waals surface area contributed by atoms with Crippen LogP contribution in [0.25, 0.3) is 0 Å². The highest BCUT2D eigenvalue weighted by molar-refractivity contribution is 5.45. The Kier molecular flexibility index (Phi) is 2.80. The van der Waals surface area contributed by atoms with Gasteiger partial charge < -0.3 is 10.3 Å². The predicted molar refractivity (Wildman–Crippen MR) is 52.2 cm³/mol. The number of hydrogen-bond donors (Lipinski definition) is 2. The van der Waals surface area contributed by atoms with Gasteiger partial charge in [-0.1, -0.05) is 0 Å². The van der Waals surface area contributed by atoms with Crippen LogP contribution in [0.5, 0.6) is 0 Å². The van der Waals surface area contributed by atoms with Crippen LogP contribution in [-0.4, -0.2) is 9.97 Å². The van der Waals surface area contributed by atoms with Crippen molar-refractivity contribution in [2.24, 2.45) is 0 Å². The SMILES string of the molecule is Fc1cc(F)c(NCc2cnc[nH]2)cc1F. The van der Waals surface area contributed by atoms with Crippen molar-refractivity contribution in [3.05, 3.63) is 47.8 Å². The fourth-order valence-corrected chi connectivity index (χ4v) is 1.23. The predicted octanol–water partition coefficient (Wildman–Crippen LogP) is 2.44. The van der Waals surface area contributed by atoms with Crippen LogP contribution in [0.15, 0.2) is 24.7 Å². The van der Waals surface area contributed by atoms with Crippen molar-refractivity contribution in [2.75, 3.05) is 5.32 Å². The molecule has 3 nitrogen and oxygen atoms in total. The molecule has 0 atom stereocenters. The molecule has 2 rings (SSSR count). The fourth-order valence-electron chi connectivity index (χ4n) is 1.23. The molecule has 0 unspecified atom stereocenters. The first-order valence-corrected chi connectivity index (χ1v) is 4.52. The summed E-state index contributed by atoms with van der Waals surface area (Å²) in [6.07, 6.45) is 3.02. The Morgan fingerprint density at radius 1 is 1.12 bits per heavy atom. The highest BCUT2D eigenvalue weighted by Gasteiger charge is 2.09. The second-order valence-corrected chi connectivity index (χ2v) is 3.18. The number of nitrogens with zero attached hydrogens (tertiary/aromatic N) is 1. The van der Waals surface area contributed by atoms with Gasteiger partial charge in [-0.2, -0.15) is 0 Å². The zero-order valence-electron chi connectivity index (χ0n) is 8.10. The number of nitrogens with one attached hydrogen (secondary N) is 2. The van der Waals surface area contributed by atoms with Gasteiger partial charge in [0.1, 0.15) is 5.82 Å². The fraction of sp³-hybridized carbons (Fsp3) is 0.100. The number of halogens is 3. The maximum atomic E-state index is 13.2. The van der Waals surface area contributed by atoms with E-state index in [1.54, 1.807) is 6.20 Å². The molecule has 0 radical (unpaired) electrons. The number of anilines is 1. The molecular formula is C10H8F3N3. The van der Waals surface area contributed by atoms with Crippen LogP contribution in [0.1, 0.15) is 5.69 Å². The van der Waals surface area contributed by atoms with Crippen molar-refractivity contribution in [3.63, 3.8) is 0 Å². The van der Waals surface area contributed by atoms with E-state index in [4.69, 9.17) is 0 Å². The van der Waals surface area contributed by atoms with E-state index in [1.165, 1.54) is 6.33 Å². The molecule has 0 fully saturated rings. The van der Waals surface area contributed by atoms with Crippen molar-refractivity contribution < 1.29 is 13.2 Å². The first kappa shape index (κ1) is 10.5. The second kappa shape index (κ2) is 4.26. The number of hydrogen-bond acceptors (Lipinski definition) is 2. The molecule has 0 saturated heterocycles. The Labute approximate surface area is 89.3 Å². The van der Waals surface area contributed by atoms with Gasteiger partial charge in [0, 0.05) is 18.3 Å². The van der Waals surface area contributed by atoms with Crippen molar-refractivity contribution in [1.82, 2.24) is 9.97 Å². The molecule has 2 N–H and O–H groups in total. The van der Waals surface area contributed by atoms with Crippen LogP contribution in [0.4, 0.5) is 18.9 Å². The Hall–Kier alpha value is -1.98. The topological polar surface area (TPSA) is 40.7 Å². The van der Waals surface area contributed by atoms with Gasteiger partial charge in [0.15, 0.2) is 11.6 Å². The van der Waals surface area contributed by atoms with E-state index in [-0.39, 0.29) is 12.2 Å². The molecule has 0 bridgehead atoms. The van der Waals surface area contributed by atoms with Gasteiger partial charge in [-0.25, -0.2) is 18.2 Å². The smallest absolute Gasteiger partial charge is 0.161 e. The van der Waals surface area contributed by atoms with E-state index in [9.17, 15) is 13.2 Å². The van der Waals surface area contributed by atoms with Crippen molar-refractivity contribution in [2.45, 2.75) is 6.54 Å². The summed E-state index contributed by atoms with van der Waals surface area (Å²) in [5.74, 6) is -3.13. The van der Waals surface area contributed by atoms with Crippen LogP contribution in [0, 0.1) is 17.5 Å². The number of benzene rings is 1. The molecule has 0 aliphatic carbocycles. The first-order valence-electron chi connectivity index (χ1n) is 4.52. The van der Waals surface area contributed by atoms with E-state index in [0.29, 0.717) is 11.8 Å². The highest BCUT2D eigenvalue weighted by Crippen LogP contribution is 2.18. The third-order valence-electron chi connectivity index (χ3n) is 2.03. The minimum absolute atomic E-state index is 0.0894. The van der Waals surface area contributed by atoms with E-state index < -0.39 is 17.5 Å². The average Bonchev–Trinajstić information content (AvgIpc) is 2.74. The summed E-state index contributed by atoms with van der Waals surface area (Å²) < 4.78 is 38.6. The number of imidazole rings is 1. The molecule has 0 saturated carbocycles. The lowest BCUT2D eigenvalue weighted by atomic mass is 10.2. The maximum absolute atomic E-state index is 13.2. The minimum atomic E-state index is -1.20. The average molecular weight is 227 g/mol. The summed E-state index contributed by atoms with van der Waals surface area (Å²) >= 11 is 0. The molecule has 0 aliphatic heterocycles. The van der Waals surface area contributed by atoms with Gasteiger partial charge in [0.25, 0.3) is 0 Å². The lowest BCUT2D eigenvalue weighted by Gasteiger charge is -2.06. The van der Waals surface area contributed by atoms with E-state index in [2.05, 4.69) is 15.3 Å². The molecule has 1 aromatic heterocycles. The Balaban J connectivity index is 2.12.